The van der Waals surface area contributed by atoms with E-state index in [1.807, 2.05) is 6.07 Å². The van der Waals surface area contributed by atoms with E-state index < -0.39 is 0 Å². The molecule has 114 valence electrons. The van der Waals surface area contributed by atoms with Gasteiger partial charge in [-0.25, -0.2) is 4.98 Å². The molecule has 2 aliphatic rings. The highest BCUT2D eigenvalue weighted by Crippen LogP contribution is 2.27. The van der Waals surface area contributed by atoms with Gasteiger partial charge in [0.25, 0.3) is 0 Å². The summed E-state index contributed by atoms with van der Waals surface area (Å²) in [6.07, 6.45) is 4.16. The number of morpholine rings is 1. The van der Waals surface area contributed by atoms with Crippen LogP contribution in [0.3, 0.4) is 0 Å². The number of nitrogens with zero attached hydrogens (tertiary/aromatic N) is 2. The molecule has 6 nitrogen and oxygen atoms in total. The lowest BCUT2D eigenvalue weighted by molar-refractivity contribution is 0.00334. The molecule has 1 fully saturated rings. The second-order valence-electron chi connectivity index (χ2n) is 5.71. The van der Waals surface area contributed by atoms with Gasteiger partial charge in [-0.2, -0.15) is 0 Å². The molecule has 1 atom stereocenters. The number of nitrogens with two attached hydrogens (primary N) is 1. The molecule has 6 heteroatoms. The van der Waals surface area contributed by atoms with Crippen LogP contribution in [-0.2, 0) is 17.6 Å². The molecule has 0 bridgehead atoms. The van der Waals surface area contributed by atoms with E-state index in [4.69, 9.17) is 20.9 Å². The third-order valence-electron chi connectivity index (χ3n) is 4.21. The van der Waals surface area contributed by atoms with Gasteiger partial charge in [0.05, 0.1) is 24.9 Å². The van der Waals surface area contributed by atoms with Gasteiger partial charge in [-0.15, -0.1) is 0 Å². The molecule has 4 N–H and O–H groups in total. The Morgan fingerprint density at radius 2 is 2.29 bits per heavy atom. The van der Waals surface area contributed by atoms with Crippen molar-refractivity contribution in [2.24, 2.45) is 5.73 Å². The summed E-state index contributed by atoms with van der Waals surface area (Å²) in [5.74, 6) is 0.822. The molecule has 1 saturated heterocycles. The lowest BCUT2D eigenvalue weighted by Crippen LogP contribution is -2.45. The molecule has 0 saturated carbocycles. The van der Waals surface area contributed by atoms with Crippen molar-refractivity contribution in [1.29, 1.82) is 5.41 Å². The van der Waals surface area contributed by atoms with Gasteiger partial charge in [-0.05, 0) is 37.3 Å². The van der Waals surface area contributed by atoms with E-state index in [9.17, 15) is 5.11 Å². The molecule has 1 aliphatic carbocycles. The second kappa shape index (κ2) is 5.99. The minimum Gasteiger partial charge on any atom is -0.394 e. The quantitative estimate of drug-likeness (QED) is 0.554. The first kappa shape index (κ1) is 14.3. The van der Waals surface area contributed by atoms with Crippen LogP contribution in [0.1, 0.15) is 29.7 Å². The van der Waals surface area contributed by atoms with E-state index in [-0.39, 0.29) is 18.5 Å². The molecule has 1 unspecified atom stereocenters. The van der Waals surface area contributed by atoms with Crippen molar-refractivity contribution in [1.82, 2.24) is 4.98 Å². The van der Waals surface area contributed by atoms with Crippen LogP contribution in [0.4, 0.5) is 5.82 Å². The lowest BCUT2D eigenvalue weighted by atomic mass is 9.94. The van der Waals surface area contributed by atoms with E-state index >= 15 is 0 Å². The average molecular weight is 290 g/mol. The van der Waals surface area contributed by atoms with Gasteiger partial charge >= 0.3 is 0 Å². The summed E-state index contributed by atoms with van der Waals surface area (Å²) in [5.41, 5.74) is 8.82. The largest absolute Gasteiger partial charge is 0.394 e. The van der Waals surface area contributed by atoms with Crippen molar-refractivity contribution < 1.29 is 9.84 Å². The number of nitrogen functional groups attached to an aromatic ring is 1. The van der Waals surface area contributed by atoms with Crippen molar-refractivity contribution in [2.45, 2.75) is 31.8 Å². The van der Waals surface area contributed by atoms with E-state index in [0.717, 1.165) is 24.4 Å². The number of aromatic nitrogens is 1. The standard InChI is InChI=1S/C15H22N4O2/c16-14(17)12-7-10-3-1-2-4-13(10)18-15(12)19-5-6-21-11(8-19)9-20/h7,11,20H,1-6,8-9H2,(H3,16,17). The highest BCUT2D eigenvalue weighted by atomic mass is 16.5. The summed E-state index contributed by atoms with van der Waals surface area (Å²) < 4.78 is 5.49. The molecule has 2 heterocycles. The topological polar surface area (TPSA) is 95.5 Å². The molecule has 1 aromatic rings. The summed E-state index contributed by atoms with van der Waals surface area (Å²) >= 11 is 0. The molecule has 0 aromatic carbocycles. The highest BCUT2D eigenvalue weighted by Gasteiger charge is 2.25. The number of hydrogen-bond donors (Lipinski definition) is 3. The number of aliphatic hydroxyl groups excluding tert-OH is 1. The maximum absolute atomic E-state index is 9.29. The number of aryl methyl sites for hydroxylation is 2. The maximum Gasteiger partial charge on any atom is 0.140 e. The molecule has 1 aliphatic heterocycles. The van der Waals surface area contributed by atoms with Crippen LogP contribution in [0, 0.1) is 5.41 Å². The Labute approximate surface area is 124 Å². The first-order chi connectivity index (χ1) is 10.2. The number of rotatable bonds is 3. The number of anilines is 1. The fourth-order valence-corrected chi connectivity index (χ4v) is 3.08. The molecular weight excluding hydrogens is 268 g/mol. The van der Waals surface area contributed by atoms with Crippen LogP contribution < -0.4 is 10.6 Å². The van der Waals surface area contributed by atoms with Crippen LogP contribution in [0.15, 0.2) is 6.07 Å². The minimum atomic E-state index is -0.198. The summed E-state index contributed by atoms with van der Waals surface area (Å²) in [4.78, 5) is 6.87. The Morgan fingerprint density at radius 3 is 3.05 bits per heavy atom. The van der Waals surface area contributed by atoms with Crippen molar-refractivity contribution in [3.05, 3.63) is 22.9 Å². The van der Waals surface area contributed by atoms with Crippen LogP contribution in [0.2, 0.25) is 0 Å². The SMILES string of the molecule is N=C(N)c1cc2c(nc1N1CCOC(CO)C1)CCCC2. The normalized spacial score (nSPS) is 22.0. The molecule has 3 rings (SSSR count). The molecule has 0 amide bonds. The predicted molar refractivity (Wildman–Crippen MR) is 80.9 cm³/mol. The number of pyridine rings is 1. The Hall–Kier alpha value is -1.66. The van der Waals surface area contributed by atoms with E-state index in [0.29, 0.717) is 25.3 Å². The summed E-state index contributed by atoms with van der Waals surface area (Å²) in [6, 6.07) is 2.03. The van der Waals surface area contributed by atoms with Crippen LogP contribution in [0.5, 0.6) is 0 Å². The summed E-state index contributed by atoms with van der Waals surface area (Å²) in [7, 11) is 0. The zero-order valence-electron chi connectivity index (χ0n) is 12.1. The third kappa shape index (κ3) is 2.87. The first-order valence-corrected chi connectivity index (χ1v) is 7.53. The van der Waals surface area contributed by atoms with Gasteiger partial charge in [0.2, 0.25) is 0 Å². The monoisotopic (exact) mass is 290 g/mol. The number of aliphatic hydroxyl groups is 1. The Kier molecular flexibility index (Phi) is 4.07. The summed E-state index contributed by atoms with van der Waals surface area (Å²) in [5, 5.41) is 17.1. The van der Waals surface area contributed by atoms with E-state index in [1.165, 1.54) is 18.4 Å². The Balaban J connectivity index is 1.97. The van der Waals surface area contributed by atoms with Crippen molar-refractivity contribution in [3.63, 3.8) is 0 Å². The van der Waals surface area contributed by atoms with Gasteiger partial charge in [-0.1, -0.05) is 0 Å². The maximum atomic E-state index is 9.29. The second-order valence-corrected chi connectivity index (χ2v) is 5.71. The van der Waals surface area contributed by atoms with Gasteiger partial charge in [0.1, 0.15) is 11.7 Å². The molecule has 21 heavy (non-hydrogen) atoms. The highest BCUT2D eigenvalue weighted by molar-refractivity contribution is 6.00. The number of fused-ring (bicyclic) bond motifs is 1. The van der Waals surface area contributed by atoms with Crippen molar-refractivity contribution in [3.8, 4) is 0 Å². The fourth-order valence-electron chi connectivity index (χ4n) is 3.08. The fraction of sp³-hybridized carbons (Fsp3) is 0.600. The van der Waals surface area contributed by atoms with E-state index in [1.54, 1.807) is 0 Å². The zero-order valence-corrected chi connectivity index (χ0v) is 12.1. The molecule has 0 radical (unpaired) electrons. The smallest absolute Gasteiger partial charge is 0.140 e. The Bertz CT molecular complexity index is 547. The number of nitrogens with one attached hydrogen (secondary N) is 1. The molecule has 0 spiro atoms. The first-order valence-electron chi connectivity index (χ1n) is 7.53. The average Bonchev–Trinajstić information content (AvgIpc) is 2.53. The number of hydrogen-bond acceptors (Lipinski definition) is 5. The minimum absolute atomic E-state index is 0.00313. The van der Waals surface area contributed by atoms with Gasteiger partial charge in [0.15, 0.2) is 0 Å². The number of amidine groups is 1. The lowest BCUT2D eigenvalue weighted by Gasteiger charge is -2.34. The summed E-state index contributed by atoms with van der Waals surface area (Å²) in [6.45, 7) is 1.85. The van der Waals surface area contributed by atoms with E-state index in [2.05, 4.69) is 4.90 Å². The Morgan fingerprint density at radius 1 is 1.48 bits per heavy atom. The molecule has 1 aromatic heterocycles. The third-order valence-corrected chi connectivity index (χ3v) is 4.21. The van der Waals surface area contributed by atoms with Crippen molar-refractivity contribution in [2.75, 3.05) is 31.2 Å². The zero-order chi connectivity index (χ0) is 14.8. The van der Waals surface area contributed by atoms with Gasteiger partial charge in [0, 0.05) is 18.8 Å². The molecular formula is C15H22N4O2. The number of ether oxygens (including phenoxy) is 1. The van der Waals surface area contributed by atoms with Gasteiger partial charge < -0.3 is 20.5 Å². The predicted octanol–water partition coefficient (Wildman–Crippen LogP) is 0.442. The van der Waals surface area contributed by atoms with Gasteiger partial charge in [-0.3, -0.25) is 5.41 Å². The van der Waals surface area contributed by atoms with Crippen LogP contribution in [0.25, 0.3) is 0 Å². The van der Waals surface area contributed by atoms with Crippen LogP contribution >= 0.6 is 0 Å². The van der Waals surface area contributed by atoms with Crippen molar-refractivity contribution >= 4 is 11.7 Å². The van der Waals surface area contributed by atoms with Crippen LogP contribution in [-0.4, -0.2) is 48.3 Å².